The molecule has 0 unspecified atom stereocenters. The van der Waals surface area contributed by atoms with Gasteiger partial charge in [-0.1, -0.05) is 54.6 Å². The minimum Gasteiger partial charge on any atom is -0.422 e. The summed E-state index contributed by atoms with van der Waals surface area (Å²) in [6.45, 7) is 0. The predicted octanol–water partition coefficient (Wildman–Crippen LogP) is 5.11. The lowest BCUT2D eigenvalue weighted by molar-refractivity contribution is -0.123. The largest absolute Gasteiger partial charge is 0.422 e. The van der Waals surface area contributed by atoms with E-state index in [9.17, 15) is 14.4 Å². The number of imide groups is 1. The minimum absolute atomic E-state index is 0.114. The predicted molar refractivity (Wildman–Crippen MR) is 124 cm³/mol. The lowest BCUT2D eigenvalue weighted by atomic mass is 9.81. The number of hydrogen-bond acceptors (Lipinski definition) is 4. The van der Waals surface area contributed by atoms with Gasteiger partial charge < -0.3 is 4.74 Å². The number of fused-ring (bicyclic) bond motifs is 5. The standard InChI is InChI=1S/C28H23NO4/c30-26-24-18-13-14-19(15-18)25(24)27(31)29(26)21-10-6-9-20(16-21)28(32)33-23-12-5-4-11-22(23)17-7-2-1-3-8-17/h1-12,16,18-19,24-25H,13-15H2/t18-,19-,24+,25+/m0/s1. The molecule has 164 valence electrons. The third-order valence-electron chi connectivity index (χ3n) is 7.44. The van der Waals surface area contributed by atoms with Crippen LogP contribution in [0.1, 0.15) is 29.6 Å². The number of carbonyl (C=O) groups excluding carboxylic acids is 3. The number of nitrogens with zero attached hydrogens (tertiary/aromatic N) is 1. The van der Waals surface area contributed by atoms with Gasteiger partial charge in [0.2, 0.25) is 11.8 Å². The molecule has 2 amide bonds. The molecule has 1 saturated heterocycles. The second-order valence-corrected chi connectivity index (χ2v) is 9.20. The SMILES string of the molecule is O=C(Oc1ccccc1-c1ccccc1)c1cccc(N2C(=O)[C@@H]3[C@H]4CC[C@@H](C4)[C@H]3C2=O)c1. The van der Waals surface area contributed by atoms with Crippen LogP contribution in [0.3, 0.4) is 0 Å². The fraction of sp³-hybridized carbons (Fsp3) is 0.250. The first-order valence-electron chi connectivity index (χ1n) is 11.5. The van der Waals surface area contributed by atoms with Crippen molar-refractivity contribution in [1.82, 2.24) is 0 Å². The molecule has 2 aliphatic carbocycles. The van der Waals surface area contributed by atoms with Gasteiger partial charge in [-0.2, -0.15) is 0 Å². The summed E-state index contributed by atoms with van der Waals surface area (Å²) >= 11 is 0. The molecular formula is C28H23NO4. The van der Waals surface area contributed by atoms with E-state index in [-0.39, 0.29) is 23.7 Å². The molecule has 3 aliphatic rings. The van der Waals surface area contributed by atoms with Crippen molar-refractivity contribution in [3.8, 4) is 16.9 Å². The summed E-state index contributed by atoms with van der Waals surface area (Å²) in [6.07, 6.45) is 3.06. The average Bonchev–Trinajstić information content (AvgIpc) is 3.53. The molecule has 3 fully saturated rings. The lowest BCUT2D eigenvalue weighted by Gasteiger charge is -2.19. The van der Waals surface area contributed by atoms with E-state index in [0.717, 1.165) is 30.4 Å². The number of ether oxygens (including phenoxy) is 1. The van der Waals surface area contributed by atoms with Crippen LogP contribution in [0.5, 0.6) is 5.75 Å². The Hall–Kier alpha value is -3.73. The molecule has 5 heteroatoms. The summed E-state index contributed by atoms with van der Waals surface area (Å²) in [4.78, 5) is 40.6. The van der Waals surface area contributed by atoms with E-state index >= 15 is 0 Å². The van der Waals surface area contributed by atoms with Crippen molar-refractivity contribution in [2.24, 2.45) is 23.7 Å². The topological polar surface area (TPSA) is 63.7 Å². The summed E-state index contributed by atoms with van der Waals surface area (Å²) in [5, 5.41) is 0. The molecule has 0 radical (unpaired) electrons. The maximum absolute atomic E-state index is 13.2. The molecule has 4 atom stereocenters. The Morgan fingerprint density at radius 1 is 0.788 bits per heavy atom. The van der Waals surface area contributed by atoms with Gasteiger partial charge in [0.25, 0.3) is 0 Å². The van der Waals surface area contributed by atoms with Crippen molar-refractivity contribution in [2.45, 2.75) is 19.3 Å². The normalized spacial score (nSPS) is 25.4. The second kappa shape index (κ2) is 7.69. The Kier molecular flexibility index (Phi) is 4.64. The molecule has 1 aliphatic heterocycles. The van der Waals surface area contributed by atoms with E-state index in [1.54, 1.807) is 30.3 Å². The number of anilines is 1. The van der Waals surface area contributed by atoms with E-state index in [4.69, 9.17) is 4.74 Å². The highest BCUT2D eigenvalue weighted by Crippen LogP contribution is 2.56. The number of hydrogen-bond donors (Lipinski definition) is 0. The van der Waals surface area contributed by atoms with Crippen LogP contribution in [0.25, 0.3) is 11.1 Å². The number of carbonyl (C=O) groups is 3. The van der Waals surface area contributed by atoms with E-state index in [1.807, 2.05) is 48.5 Å². The maximum Gasteiger partial charge on any atom is 0.343 e. The quantitative estimate of drug-likeness (QED) is 0.323. The van der Waals surface area contributed by atoms with Crippen molar-refractivity contribution >= 4 is 23.5 Å². The molecule has 3 aromatic rings. The molecule has 2 saturated carbocycles. The Labute approximate surface area is 192 Å². The summed E-state index contributed by atoms with van der Waals surface area (Å²) in [5.74, 6) is -0.0326. The van der Waals surface area contributed by atoms with E-state index in [0.29, 0.717) is 28.8 Å². The van der Waals surface area contributed by atoms with Crippen LogP contribution in [0.4, 0.5) is 5.69 Å². The van der Waals surface area contributed by atoms with Gasteiger partial charge in [0.1, 0.15) is 5.75 Å². The average molecular weight is 437 g/mol. The van der Waals surface area contributed by atoms with Crippen LogP contribution < -0.4 is 9.64 Å². The van der Waals surface area contributed by atoms with Crippen LogP contribution in [0.15, 0.2) is 78.9 Å². The first-order chi connectivity index (χ1) is 16.1. The Morgan fingerprint density at radius 3 is 2.18 bits per heavy atom. The van der Waals surface area contributed by atoms with Crippen LogP contribution >= 0.6 is 0 Å². The lowest BCUT2D eigenvalue weighted by Crippen LogP contribution is -2.32. The van der Waals surface area contributed by atoms with E-state index < -0.39 is 5.97 Å². The number of amides is 2. The highest BCUT2D eigenvalue weighted by Gasteiger charge is 2.61. The molecule has 5 nitrogen and oxygen atoms in total. The van der Waals surface area contributed by atoms with Gasteiger partial charge in [0, 0.05) is 5.56 Å². The number of rotatable bonds is 4. The molecule has 0 N–H and O–H groups in total. The highest BCUT2D eigenvalue weighted by molar-refractivity contribution is 6.22. The monoisotopic (exact) mass is 437 g/mol. The van der Waals surface area contributed by atoms with Gasteiger partial charge in [-0.15, -0.1) is 0 Å². The van der Waals surface area contributed by atoms with Gasteiger partial charge in [-0.05, 0) is 60.9 Å². The zero-order valence-electron chi connectivity index (χ0n) is 18.0. The zero-order chi connectivity index (χ0) is 22.5. The molecule has 0 aromatic heterocycles. The molecule has 2 bridgehead atoms. The van der Waals surface area contributed by atoms with Crippen LogP contribution in [-0.4, -0.2) is 17.8 Å². The molecular weight excluding hydrogens is 414 g/mol. The Bertz CT molecular complexity index is 1240. The molecule has 3 aromatic carbocycles. The zero-order valence-corrected chi connectivity index (χ0v) is 18.0. The molecule has 33 heavy (non-hydrogen) atoms. The minimum atomic E-state index is -0.528. The van der Waals surface area contributed by atoms with Crippen LogP contribution in [0.2, 0.25) is 0 Å². The summed E-state index contributed by atoms with van der Waals surface area (Å²) < 4.78 is 5.75. The molecule has 1 heterocycles. The first kappa shape index (κ1) is 19.9. The third-order valence-corrected chi connectivity index (χ3v) is 7.44. The van der Waals surface area contributed by atoms with Crippen molar-refractivity contribution in [2.75, 3.05) is 4.90 Å². The summed E-state index contributed by atoms with van der Waals surface area (Å²) in [6, 6.07) is 23.7. The first-order valence-corrected chi connectivity index (χ1v) is 11.5. The second-order valence-electron chi connectivity index (χ2n) is 9.20. The van der Waals surface area contributed by atoms with Crippen molar-refractivity contribution in [3.05, 3.63) is 84.4 Å². The van der Waals surface area contributed by atoms with Gasteiger partial charge in [-0.3, -0.25) is 14.5 Å². The fourth-order valence-electron chi connectivity index (χ4n) is 6.01. The molecule has 6 rings (SSSR count). The molecule has 0 spiro atoms. The van der Waals surface area contributed by atoms with Gasteiger partial charge in [-0.25, -0.2) is 4.79 Å². The smallest absolute Gasteiger partial charge is 0.343 e. The van der Waals surface area contributed by atoms with Crippen molar-refractivity contribution in [1.29, 1.82) is 0 Å². The summed E-state index contributed by atoms with van der Waals surface area (Å²) in [7, 11) is 0. The number of para-hydroxylation sites is 1. The van der Waals surface area contributed by atoms with Gasteiger partial charge in [0.05, 0.1) is 23.1 Å². The maximum atomic E-state index is 13.2. The van der Waals surface area contributed by atoms with Gasteiger partial charge >= 0.3 is 5.97 Å². The van der Waals surface area contributed by atoms with E-state index in [2.05, 4.69) is 0 Å². The van der Waals surface area contributed by atoms with E-state index in [1.165, 1.54) is 4.90 Å². The Morgan fingerprint density at radius 2 is 1.45 bits per heavy atom. The van der Waals surface area contributed by atoms with Crippen molar-refractivity contribution < 1.29 is 19.1 Å². The van der Waals surface area contributed by atoms with Gasteiger partial charge in [0.15, 0.2) is 0 Å². The van der Waals surface area contributed by atoms with Crippen molar-refractivity contribution in [3.63, 3.8) is 0 Å². The Balaban J connectivity index is 1.27. The van der Waals surface area contributed by atoms with Crippen LogP contribution in [-0.2, 0) is 9.59 Å². The fourth-order valence-corrected chi connectivity index (χ4v) is 6.01. The number of esters is 1. The summed E-state index contributed by atoms with van der Waals surface area (Å²) in [5.41, 5.74) is 2.51. The number of benzene rings is 3. The van der Waals surface area contributed by atoms with Crippen LogP contribution in [0, 0.1) is 23.7 Å². The third kappa shape index (κ3) is 3.18. The highest BCUT2D eigenvalue weighted by atomic mass is 16.5.